The summed E-state index contributed by atoms with van der Waals surface area (Å²) in [5.41, 5.74) is 0.740. The number of para-hydroxylation sites is 1. The van der Waals surface area contributed by atoms with Crippen molar-refractivity contribution < 1.29 is 9.18 Å². The van der Waals surface area contributed by atoms with Crippen molar-refractivity contribution in [1.82, 2.24) is 4.90 Å². The maximum absolute atomic E-state index is 13.8. The molecule has 1 heterocycles. The number of hydrogen-bond donors (Lipinski definition) is 1. The molecule has 110 valence electrons. The summed E-state index contributed by atoms with van der Waals surface area (Å²) in [6.07, 6.45) is 5.38. The molecule has 1 fully saturated rings. The highest BCUT2D eigenvalue weighted by molar-refractivity contribution is 5.99. The fourth-order valence-corrected chi connectivity index (χ4v) is 2.98. The van der Waals surface area contributed by atoms with E-state index in [1.54, 1.807) is 19.2 Å². The molecule has 1 unspecified atom stereocenters. The predicted molar refractivity (Wildman–Crippen MR) is 79.5 cm³/mol. The minimum atomic E-state index is -0.374. The first kappa shape index (κ1) is 14.8. The number of likely N-dealkylation sites (tertiary alicyclic amines) is 1. The molecule has 1 saturated heterocycles. The van der Waals surface area contributed by atoms with Gasteiger partial charge >= 0.3 is 0 Å². The summed E-state index contributed by atoms with van der Waals surface area (Å²) in [5.74, 6) is -0.427. The van der Waals surface area contributed by atoms with Crippen LogP contribution in [-0.2, 0) is 0 Å². The fraction of sp³-hybridized carbons (Fsp3) is 0.562. The average Bonchev–Trinajstić information content (AvgIpc) is 2.71. The van der Waals surface area contributed by atoms with Crippen molar-refractivity contribution in [2.75, 3.05) is 18.9 Å². The molecule has 0 aliphatic carbocycles. The van der Waals surface area contributed by atoms with E-state index < -0.39 is 0 Å². The van der Waals surface area contributed by atoms with Crippen LogP contribution in [0.15, 0.2) is 18.2 Å². The Labute approximate surface area is 120 Å². The first-order chi connectivity index (χ1) is 9.69. The first-order valence-corrected chi connectivity index (χ1v) is 7.46. The van der Waals surface area contributed by atoms with Gasteiger partial charge in [-0.15, -0.1) is 0 Å². The quantitative estimate of drug-likeness (QED) is 0.915. The van der Waals surface area contributed by atoms with Crippen LogP contribution in [0.2, 0.25) is 0 Å². The molecule has 1 atom stereocenters. The Bertz CT molecular complexity index is 476. The Kier molecular flexibility index (Phi) is 4.99. The van der Waals surface area contributed by atoms with E-state index in [4.69, 9.17) is 0 Å². The molecular weight excluding hydrogens is 255 g/mol. The van der Waals surface area contributed by atoms with E-state index in [1.165, 1.54) is 18.9 Å². The lowest BCUT2D eigenvalue weighted by Gasteiger charge is -2.30. The lowest BCUT2D eigenvalue weighted by molar-refractivity contribution is 0.0679. The van der Waals surface area contributed by atoms with Crippen molar-refractivity contribution in [3.05, 3.63) is 29.6 Å². The van der Waals surface area contributed by atoms with Crippen molar-refractivity contribution in [2.24, 2.45) is 0 Å². The molecule has 1 aliphatic rings. The molecule has 0 bridgehead atoms. The van der Waals surface area contributed by atoms with E-state index >= 15 is 0 Å². The molecule has 20 heavy (non-hydrogen) atoms. The summed E-state index contributed by atoms with van der Waals surface area (Å²) in [6.45, 7) is 2.89. The van der Waals surface area contributed by atoms with Crippen LogP contribution >= 0.6 is 0 Å². The molecule has 0 aromatic heterocycles. The van der Waals surface area contributed by atoms with Crippen LogP contribution < -0.4 is 5.32 Å². The van der Waals surface area contributed by atoms with Crippen LogP contribution in [0.5, 0.6) is 0 Å². The number of rotatable bonds is 3. The highest BCUT2D eigenvalue weighted by Crippen LogP contribution is 2.25. The van der Waals surface area contributed by atoms with Crippen molar-refractivity contribution in [3.8, 4) is 0 Å². The van der Waals surface area contributed by atoms with Crippen LogP contribution in [0.3, 0.4) is 0 Å². The zero-order chi connectivity index (χ0) is 14.5. The third-order valence-electron chi connectivity index (χ3n) is 4.10. The molecule has 2 rings (SSSR count). The maximum atomic E-state index is 13.8. The summed E-state index contributed by atoms with van der Waals surface area (Å²) < 4.78 is 13.8. The van der Waals surface area contributed by atoms with Crippen LogP contribution in [0.4, 0.5) is 10.1 Å². The second kappa shape index (κ2) is 6.73. The number of carbonyl (C=O) groups is 1. The third-order valence-corrected chi connectivity index (χ3v) is 4.10. The number of anilines is 1. The van der Waals surface area contributed by atoms with Crippen molar-refractivity contribution in [3.63, 3.8) is 0 Å². The van der Waals surface area contributed by atoms with Gasteiger partial charge in [0.1, 0.15) is 5.82 Å². The Balaban J connectivity index is 2.31. The molecular formula is C16H23FN2O. The third kappa shape index (κ3) is 2.94. The predicted octanol–water partition coefficient (Wildman–Crippen LogP) is 3.66. The topological polar surface area (TPSA) is 32.3 Å². The molecule has 3 nitrogen and oxygen atoms in total. The monoisotopic (exact) mass is 278 g/mol. The van der Waals surface area contributed by atoms with E-state index in [0.29, 0.717) is 11.3 Å². The Hall–Kier alpha value is -1.58. The number of benzene rings is 1. The molecule has 0 radical (unpaired) electrons. The van der Waals surface area contributed by atoms with Gasteiger partial charge in [0, 0.05) is 19.6 Å². The van der Waals surface area contributed by atoms with E-state index in [2.05, 4.69) is 12.2 Å². The summed E-state index contributed by atoms with van der Waals surface area (Å²) in [6, 6.07) is 4.96. The van der Waals surface area contributed by atoms with Gasteiger partial charge in [-0.25, -0.2) is 4.39 Å². The number of carbonyl (C=O) groups excluding carboxylic acids is 1. The minimum absolute atomic E-state index is 0.0531. The Morgan fingerprint density at radius 1 is 1.40 bits per heavy atom. The number of halogens is 1. The molecule has 1 aromatic carbocycles. The maximum Gasteiger partial charge on any atom is 0.256 e. The van der Waals surface area contributed by atoms with Crippen LogP contribution in [-0.4, -0.2) is 30.4 Å². The SMILES string of the molecule is CCC1CCCCCN1C(=O)c1cccc(F)c1NC. The van der Waals surface area contributed by atoms with Gasteiger partial charge in [-0.3, -0.25) is 4.79 Å². The Morgan fingerprint density at radius 3 is 2.90 bits per heavy atom. The second-order valence-corrected chi connectivity index (χ2v) is 5.32. The molecule has 1 amide bonds. The second-order valence-electron chi connectivity index (χ2n) is 5.32. The van der Waals surface area contributed by atoms with Gasteiger partial charge in [0.2, 0.25) is 0 Å². The van der Waals surface area contributed by atoms with Crippen molar-refractivity contribution in [1.29, 1.82) is 0 Å². The van der Waals surface area contributed by atoms with Crippen LogP contribution in [0, 0.1) is 5.82 Å². The number of nitrogens with one attached hydrogen (secondary N) is 1. The van der Waals surface area contributed by atoms with Gasteiger partial charge in [-0.05, 0) is 31.4 Å². The molecule has 1 N–H and O–H groups in total. The van der Waals surface area contributed by atoms with E-state index in [-0.39, 0.29) is 17.8 Å². The molecule has 1 aromatic rings. The van der Waals surface area contributed by atoms with Gasteiger partial charge in [-0.2, -0.15) is 0 Å². The molecule has 0 saturated carbocycles. The summed E-state index contributed by atoms with van der Waals surface area (Å²) in [4.78, 5) is 14.7. The molecule has 0 spiro atoms. The average molecular weight is 278 g/mol. The number of hydrogen-bond acceptors (Lipinski definition) is 2. The Morgan fingerprint density at radius 2 is 2.20 bits per heavy atom. The van der Waals surface area contributed by atoms with Gasteiger partial charge in [-0.1, -0.05) is 25.8 Å². The van der Waals surface area contributed by atoms with Crippen LogP contribution in [0.25, 0.3) is 0 Å². The normalized spacial score (nSPS) is 19.6. The van der Waals surface area contributed by atoms with E-state index in [9.17, 15) is 9.18 Å². The van der Waals surface area contributed by atoms with Crippen molar-refractivity contribution in [2.45, 2.75) is 45.1 Å². The first-order valence-electron chi connectivity index (χ1n) is 7.46. The lowest BCUT2D eigenvalue weighted by atomic mass is 10.1. The van der Waals surface area contributed by atoms with Gasteiger partial charge in [0.05, 0.1) is 11.3 Å². The van der Waals surface area contributed by atoms with Crippen LogP contribution in [0.1, 0.15) is 49.4 Å². The number of amides is 1. The summed E-state index contributed by atoms with van der Waals surface area (Å²) in [7, 11) is 1.65. The zero-order valence-corrected chi connectivity index (χ0v) is 12.3. The zero-order valence-electron chi connectivity index (χ0n) is 12.3. The van der Waals surface area contributed by atoms with Gasteiger partial charge in [0.25, 0.3) is 5.91 Å². The summed E-state index contributed by atoms with van der Waals surface area (Å²) >= 11 is 0. The lowest BCUT2D eigenvalue weighted by Crippen LogP contribution is -2.40. The highest BCUT2D eigenvalue weighted by atomic mass is 19.1. The standard InChI is InChI=1S/C16H23FN2O/c1-3-12-8-5-4-6-11-19(12)16(20)13-9-7-10-14(17)15(13)18-2/h7,9-10,12,18H,3-6,8,11H2,1-2H3. The van der Waals surface area contributed by atoms with Gasteiger partial charge < -0.3 is 10.2 Å². The van der Waals surface area contributed by atoms with Crippen molar-refractivity contribution >= 4 is 11.6 Å². The van der Waals surface area contributed by atoms with E-state index in [1.807, 2.05) is 4.90 Å². The summed E-state index contributed by atoms with van der Waals surface area (Å²) in [5, 5.41) is 2.81. The van der Waals surface area contributed by atoms with Gasteiger partial charge in [0.15, 0.2) is 0 Å². The number of nitrogens with zero attached hydrogens (tertiary/aromatic N) is 1. The van der Waals surface area contributed by atoms with E-state index in [0.717, 1.165) is 25.8 Å². The largest absolute Gasteiger partial charge is 0.385 e. The molecule has 1 aliphatic heterocycles. The fourth-order valence-electron chi connectivity index (χ4n) is 2.98. The molecule has 4 heteroatoms. The minimum Gasteiger partial charge on any atom is -0.385 e. The smallest absolute Gasteiger partial charge is 0.256 e. The highest BCUT2D eigenvalue weighted by Gasteiger charge is 2.27.